The van der Waals surface area contributed by atoms with E-state index >= 15 is 0 Å². The van der Waals surface area contributed by atoms with Gasteiger partial charge in [-0.2, -0.15) is 0 Å². The monoisotopic (exact) mass is 379 g/mol. The molecule has 1 saturated heterocycles. The second-order valence-corrected chi connectivity index (χ2v) is 6.71. The molecule has 5 nitrogen and oxygen atoms in total. The summed E-state index contributed by atoms with van der Waals surface area (Å²) in [6, 6.07) is 3.08. The smallest absolute Gasteiger partial charge is 0.329 e. The molecule has 3 heterocycles. The van der Waals surface area contributed by atoms with Crippen LogP contribution in [0.5, 0.6) is 0 Å². The van der Waals surface area contributed by atoms with E-state index < -0.39 is 0 Å². The summed E-state index contributed by atoms with van der Waals surface area (Å²) in [5.41, 5.74) is 1.98. The molecule has 1 fully saturated rings. The number of fused-ring (bicyclic) bond motifs is 3. The molecule has 0 spiro atoms. The Morgan fingerprint density at radius 3 is 3.00 bits per heavy atom. The van der Waals surface area contributed by atoms with Gasteiger partial charge in [-0.15, -0.1) is 0 Å². The molecule has 1 aromatic carbocycles. The van der Waals surface area contributed by atoms with Crippen molar-refractivity contribution in [3.8, 4) is 0 Å². The van der Waals surface area contributed by atoms with Crippen LogP contribution in [0.1, 0.15) is 18.9 Å². The van der Waals surface area contributed by atoms with Crippen molar-refractivity contribution in [1.82, 2.24) is 14.1 Å². The first-order valence-corrected chi connectivity index (χ1v) is 8.29. The van der Waals surface area contributed by atoms with Gasteiger partial charge >= 0.3 is 5.69 Å². The Hall–Kier alpha value is -1.73. The molecule has 1 aliphatic rings. The van der Waals surface area contributed by atoms with Crippen molar-refractivity contribution >= 4 is 37.9 Å². The lowest BCUT2D eigenvalue weighted by molar-refractivity contribution is 0.0593. The molecule has 120 valence electrons. The van der Waals surface area contributed by atoms with E-state index in [0.29, 0.717) is 16.6 Å². The largest absolute Gasteiger partial charge is 0.379 e. The molecular formula is C16H15BrFN3O2. The van der Waals surface area contributed by atoms with Gasteiger partial charge in [0.1, 0.15) is 5.82 Å². The zero-order chi connectivity index (χ0) is 16.1. The topological polar surface area (TPSA) is 49.0 Å². The predicted octanol–water partition coefficient (Wildman–Crippen LogP) is 3.14. The maximum Gasteiger partial charge on any atom is 0.329 e. The Kier molecular flexibility index (Phi) is 3.50. The molecule has 3 aromatic rings. The summed E-state index contributed by atoms with van der Waals surface area (Å²) in [6.07, 6.45) is 3.45. The number of hydrogen-bond acceptors (Lipinski definition) is 3. The van der Waals surface area contributed by atoms with Crippen molar-refractivity contribution in [2.45, 2.75) is 18.9 Å². The highest BCUT2D eigenvalue weighted by molar-refractivity contribution is 9.10. The van der Waals surface area contributed by atoms with Crippen LogP contribution in [0, 0.1) is 5.82 Å². The van der Waals surface area contributed by atoms with Gasteiger partial charge in [-0.05, 0) is 34.8 Å². The number of imidazole rings is 1. The van der Waals surface area contributed by atoms with Crippen LogP contribution in [0.3, 0.4) is 0 Å². The molecule has 23 heavy (non-hydrogen) atoms. The average Bonchev–Trinajstić information content (AvgIpc) is 2.81. The molecule has 1 aliphatic heterocycles. The summed E-state index contributed by atoms with van der Waals surface area (Å²) in [5, 5.41) is 0.763. The van der Waals surface area contributed by atoms with Gasteiger partial charge in [0.05, 0.1) is 39.9 Å². The van der Waals surface area contributed by atoms with Crippen molar-refractivity contribution in [1.29, 1.82) is 0 Å². The van der Waals surface area contributed by atoms with Gasteiger partial charge in [-0.3, -0.25) is 14.1 Å². The van der Waals surface area contributed by atoms with Gasteiger partial charge in [0.25, 0.3) is 0 Å². The summed E-state index contributed by atoms with van der Waals surface area (Å²) in [4.78, 5) is 17.0. The minimum Gasteiger partial charge on any atom is -0.379 e. The summed E-state index contributed by atoms with van der Waals surface area (Å²) in [6.45, 7) is 1.25. The fourth-order valence-corrected chi connectivity index (χ4v) is 3.63. The van der Waals surface area contributed by atoms with Crippen LogP contribution in [-0.2, 0) is 11.8 Å². The standard InChI is InChI=1S/C16H15BrFN3O2/c1-20-14-7-19-13-6-12(18)11(17)5-10(13)15(14)21(16(20)22)9-3-2-4-23-8-9/h5-7,9H,2-4,8H2,1H3. The van der Waals surface area contributed by atoms with E-state index in [9.17, 15) is 9.18 Å². The third-order valence-corrected chi connectivity index (χ3v) is 5.07. The number of benzene rings is 1. The average molecular weight is 380 g/mol. The van der Waals surface area contributed by atoms with E-state index in [-0.39, 0.29) is 17.5 Å². The summed E-state index contributed by atoms with van der Waals surface area (Å²) >= 11 is 3.23. The molecule has 4 rings (SSSR count). The number of pyridine rings is 1. The van der Waals surface area contributed by atoms with E-state index in [4.69, 9.17) is 4.74 Å². The number of rotatable bonds is 1. The predicted molar refractivity (Wildman–Crippen MR) is 89.2 cm³/mol. The number of halogens is 2. The Labute approximate surface area is 139 Å². The van der Waals surface area contributed by atoms with Crippen LogP contribution in [0.2, 0.25) is 0 Å². The normalized spacial score (nSPS) is 18.8. The highest BCUT2D eigenvalue weighted by atomic mass is 79.9. The molecule has 0 N–H and O–H groups in total. The molecule has 0 aliphatic carbocycles. The lowest BCUT2D eigenvalue weighted by atomic mass is 10.1. The molecule has 0 amide bonds. The highest BCUT2D eigenvalue weighted by Gasteiger charge is 2.24. The minimum absolute atomic E-state index is 0.00521. The van der Waals surface area contributed by atoms with Crippen LogP contribution in [0.4, 0.5) is 4.39 Å². The Balaban J connectivity index is 2.11. The van der Waals surface area contributed by atoms with E-state index in [1.54, 1.807) is 28.4 Å². The minimum atomic E-state index is -0.366. The van der Waals surface area contributed by atoms with Gasteiger partial charge in [-0.25, -0.2) is 9.18 Å². The number of nitrogens with zero attached hydrogens (tertiary/aromatic N) is 3. The molecule has 0 radical (unpaired) electrons. The van der Waals surface area contributed by atoms with Crippen LogP contribution in [0.15, 0.2) is 27.6 Å². The Morgan fingerprint density at radius 2 is 2.26 bits per heavy atom. The van der Waals surface area contributed by atoms with E-state index in [2.05, 4.69) is 20.9 Å². The first-order chi connectivity index (χ1) is 11.1. The molecule has 0 saturated carbocycles. The maximum atomic E-state index is 13.8. The first-order valence-electron chi connectivity index (χ1n) is 7.50. The first kappa shape index (κ1) is 14.8. The number of aryl methyl sites for hydroxylation is 1. The zero-order valence-electron chi connectivity index (χ0n) is 12.6. The molecule has 0 bridgehead atoms. The second-order valence-electron chi connectivity index (χ2n) is 5.86. The van der Waals surface area contributed by atoms with E-state index in [1.807, 2.05) is 0 Å². The number of aromatic nitrogens is 3. The lowest BCUT2D eigenvalue weighted by Gasteiger charge is -2.23. The maximum absolute atomic E-state index is 13.8. The highest BCUT2D eigenvalue weighted by Crippen LogP contribution is 2.30. The van der Waals surface area contributed by atoms with Crippen molar-refractivity contribution < 1.29 is 9.13 Å². The SMILES string of the molecule is Cn1c(=O)n(C2CCCOC2)c2c3cc(Br)c(F)cc3ncc21. The fraction of sp³-hybridized carbons (Fsp3) is 0.375. The number of hydrogen-bond donors (Lipinski definition) is 0. The van der Waals surface area contributed by atoms with Gasteiger partial charge in [0.15, 0.2) is 0 Å². The van der Waals surface area contributed by atoms with Crippen LogP contribution < -0.4 is 5.69 Å². The van der Waals surface area contributed by atoms with E-state index in [0.717, 1.165) is 35.9 Å². The van der Waals surface area contributed by atoms with Crippen LogP contribution in [0.25, 0.3) is 21.9 Å². The third kappa shape index (κ3) is 2.21. The van der Waals surface area contributed by atoms with Crippen LogP contribution >= 0.6 is 15.9 Å². The van der Waals surface area contributed by atoms with Gasteiger partial charge in [0, 0.05) is 25.1 Å². The van der Waals surface area contributed by atoms with E-state index in [1.165, 1.54) is 6.07 Å². The molecule has 2 aromatic heterocycles. The summed E-state index contributed by atoms with van der Waals surface area (Å²) in [5.74, 6) is -0.366. The fourth-order valence-electron chi connectivity index (χ4n) is 3.29. The summed E-state index contributed by atoms with van der Waals surface area (Å²) < 4.78 is 23.1. The zero-order valence-corrected chi connectivity index (χ0v) is 14.1. The van der Waals surface area contributed by atoms with Gasteiger partial charge in [-0.1, -0.05) is 0 Å². The Morgan fingerprint density at radius 1 is 1.43 bits per heavy atom. The summed E-state index contributed by atoms with van der Waals surface area (Å²) in [7, 11) is 1.73. The Bertz CT molecular complexity index is 973. The number of ether oxygens (including phenoxy) is 1. The van der Waals surface area contributed by atoms with Crippen LogP contribution in [-0.4, -0.2) is 27.3 Å². The quantitative estimate of drug-likeness (QED) is 0.652. The van der Waals surface area contributed by atoms with Crippen molar-refractivity contribution in [2.24, 2.45) is 7.05 Å². The third-order valence-electron chi connectivity index (χ3n) is 4.46. The van der Waals surface area contributed by atoms with Gasteiger partial charge in [0.2, 0.25) is 0 Å². The van der Waals surface area contributed by atoms with Crippen molar-refractivity contribution in [3.05, 3.63) is 39.1 Å². The molecule has 1 unspecified atom stereocenters. The molecular weight excluding hydrogens is 365 g/mol. The molecule has 7 heteroatoms. The second kappa shape index (κ2) is 5.42. The van der Waals surface area contributed by atoms with Gasteiger partial charge < -0.3 is 4.74 Å². The molecule has 1 atom stereocenters. The van der Waals surface area contributed by atoms with Crippen molar-refractivity contribution in [3.63, 3.8) is 0 Å². The van der Waals surface area contributed by atoms with Crippen molar-refractivity contribution in [2.75, 3.05) is 13.2 Å². The lowest BCUT2D eigenvalue weighted by Crippen LogP contribution is -2.31.